The highest BCUT2D eigenvalue weighted by Crippen LogP contribution is 2.18. The molecule has 7 heteroatoms. The van der Waals surface area contributed by atoms with Crippen molar-refractivity contribution in [2.45, 2.75) is 13.5 Å². The van der Waals surface area contributed by atoms with Crippen LogP contribution in [0.4, 0.5) is 0 Å². The normalized spacial score (nSPS) is 10.5. The maximum absolute atomic E-state index is 11.4. The minimum Gasteiger partial charge on any atom is -0.465 e. The van der Waals surface area contributed by atoms with Crippen LogP contribution in [0.15, 0.2) is 12.7 Å². The zero-order chi connectivity index (χ0) is 12.7. The quantitative estimate of drug-likeness (QED) is 0.560. The smallest absolute Gasteiger partial charge is 0.320 e. The summed E-state index contributed by atoms with van der Waals surface area (Å²) in [6.45, 7) is 7.00. The Hall–Kier alpha value is -0.980. The van der Waals surface area contributed by atoms with E-state index in [0.29, 0.717) is 29.7 Å². The average Bonchev–Trinajstić information content (AvgIpc) is 2.65. The van der Waals surface area contributed by atoms with Crippen molar-refractivity contribution in [3.05, 3.63) is 22.7 Å². The van der Waals surface area contributed by atoms with Crippen LogP contribution in [-0.2, 0) is 16.1 Å². The Bertz CT molecular complexity index is 383. The molecule has 0 saturated heterocycles. The third kappa shape index (κ3) is 4.80. The van der Waals surface area contributed by atoms with Crippen LogP contribution in [0, 0.1) is 0 Å². The van der Waals surface area contributed by atoms with Crippen LogP contribution in [0.2, 0.25) is 4.34 Å². The Labute approximate surface area is 109 Å². The number of nitrogens with zero attached hydrogens (tertiary/aromatic N) is 3. The SMILES string of the molecule is C=CCN(CC(=O)OCC)Cc1nnsc1Cl. The second-order valence-corrected chi connectivity index (χ2v) is 4.61. The number of rotatable bonds is 7. The van der Waals surface area contributed by atoms with Gasteiger partial charge < -0.3 is 4.74 Å². The minimum absolute atomic E-state index is 0.188. The van der Waals surface area contributed by atoms with Crippen molar-refractivity contribution < 1.29 is 9.53 Å². The van der Waals surface area contributed by atoms with Gasteiger partial charge in [-0.25, -0.2) is 0 Å². The van der Waals surface area contributed by atoms with Crippen LogP contribution in [0.1, 0.15) is 12.6 Å². The highest BCUT2D eigenvalue weighted by Gasteiger charge is 2.14. The molecule has 1 aromatic rings. The fourth-order valence-corrected chi connectivity index (χ4v) is 1.87. The molecule has 1 rings (SSSR count). The summed E-state index contributed by atoms with van der Waals surface area (Å²) in [5.74, 6) is -0.270. The van der Waals surface area contributed by atoms with Crippen molar-refractivity contribution >= 4 is 29.1 Å². The van der Waals surface area contributed by atoms with Gasteiger partial charge >= 0.3 is 5.97 Å². The van der Waals surface area contributed by atoms with Gasteiger partial charge in [-0.05, 0) is 6.92 Å². The largest absolute Gasteiger partial charge is 0.465 e. The van der Waals surface area contributed by atoms with E-state index in [1.807, 2.05) is 4.90 Å². The molecule has 0 spiro atoms. The lowest BCUT2D eigenvalue weighted by Crippen LogP contribution is -2.31. The molecule has 0 aromatic carbocycles. The molecule has 5 nitrogen and oxygen atoms in total. The van der Waals surface area contributed by atoms with Crippen LogP contribution >= 0.6 is 23.1 Å². The second-order valence-electron chi connectivity index (χ2n) is 3.26. The van der Waals surface area contributed by atoms with Crippen molar-refractivity contribution in [2.24, 2.45) is 0 Å². The molecule has 0 aliphatic carbocycles. The first kappa shape index (κ1) is 14.1. The minimum atomic E-state index is -0.270. The predicted molar refractivity (Wildman–Crippen MR) is 67.0 cm³/mol. The Balaban J connectivity index is 2.57. The molecule has 1 heterocycles. The van der Waals surface area contributed by atoms with Gasteiger partial charge in [-0.2, -0.15) is 0 Å². The summed E-state index contributed by atoms with van der Waals surface area (Å²) >= 11 is 7.04. The van der Waals surface area contributed by atoms with Crippen molar-refractivity contribution in [1.82, 2.24) is 14.5 Å². The van der Waals surface area contributed by atoms with E-state index in [0.717, 1.165) is 11.5 Å². The maximum atomic E-state index is 11.4. The summed E-state index contributed by atoms with van der Waals surface area (Å²) in [7, 11) is 0. The lowest BCUT2D eigenvalue weighted by molar-refractivity contribution is -0.144. The van der Waals surface area contributed by atoms with Crippen LogP contribution in [0.25, 0.3) is 0 Å². The molecule has 0 bridgehead atoms. The fraction of sp³-hybridized carbons (Fsp3) is 0.500. The number of hydrogen-bond acceptors (Lipinski definition) is 6. The monoisotopic (exact) mass is 275 g/mol. The van der Waals surface area contributed by atoms with Gasteiger partial charge in [0.1, 0.15) is 10.0 Å². The van der Waals surface area contributed by atoms with Gasteiger partial charge in [0.2, 0.25) is 0 Å². The van der Waals surface area contributed by atoms with Gasteiger partial charge in [0.15, 0.2) is 0 Å². The van der Waals surface area contributed by atoms with Gasteiger partial charge in [-0.1, -0.05) is 22.2 Å². The third-order valence-electron chi connectivity index (χ3n) is 1.93. The first-order valence-corrected chi connectivity index (χ1v) is 6.28. The predicted octanol–water partition coefficient (Wildman–Crippen LogP) is 1.74. The molecule has 0 fully saturated rings. The molecular formula is C10H14ClN3O2S. The molecular weight excluding hydrogens is 262 g/mol. The first-order valence-electron chi connectivity index (χ1n) is 5.13. The Morgan fingerprint density at radius 2 is 2.47 bits per heavy atom. The summed E-state index contributed by atoms with van der Waals surface area (Å²) in [4.78, 5) is 13.2. The van der Waals surface area contributed by atoms with E-state index in [4.69, 9.17) is 16.3 Å². The summed E-state index contributed by atoms with van der Waals surface area (Å²) in [5.41, 5.74) is 0.669. The average molecular weight is 276 g/mol. The number of carbonyl (C=O) groups excluding carboxylic acids is 1. The second kappa shape index (κ2) is 7.37. The van der Waals surface area contributed by atoms with E-state index < -0.39 is 0 Å². The molecule has 0 aliphatic heterocycles. The van der Waals surface area contributed by atoms with Gasteiger partial charge in [0.25, 0.3) is 0 Å². The lowest BCUT2D eigenvalue weighted by atomic mass is 10.4. The number of esters is 1. The molecule has 0 radical (unpaired) electrons. The number of halogens is 1. The highest BCUT2D eigenvalue weighted by atomic mass is 35.5. The van der Waals surface area contributed by atoms with Gasteiger partial charge in [-0.3, -0.25) is 9.69 Å². The van der Waals surface area contributed by atoms with Gasteiger partial charge in [-0.15, -0.1) is 11.7 Å². The molecule has 17 heavy (non-hydrogen) atoms. The van der Waals surface area contributed by atoms with E-state index in [2.05, 4.69) is 16.2 Å². The maximum Gasteiger partial charge on any atom is 0.320 e. The van der Waals surface area contributed by atoms with E-state index in [-0.39, 0.29) is 12.5 Å². The van der Waals surface area contributed by atoms with E-state index in [1.165, 1.54) is 0 Å². The van der Waals surface area contributed by atoms with Gasteiger partial charge in [0, 0.05) is 24.6 Å². The Morgan fingerprint density at radius 3 is 3.00 bits per heavy atom. The zero-order valence-corrected chi connectivity index (χ0v) is 11.1. The number of hydrogen-bond donors (Lipinski definition) is 0. The molecule has 0 atom stereocenters. The van der Waals surface area contributed by atoms with E-state index in [1.54, 1.807) is 13.0 Å². The standard InChI is InChI=1S/C10H14ClN3O2S/c1-3-5-14(7-9(15)16-4-2)6-8-10(11)17-13-12-8/h3H,1,4-7H2,2H3. The summed E-state index contributed by atoms with van der Waals surface area (Å²) in [5, 5.41) is 3.90. The van der Waals surface area contributed by atoms with Crippen molar-refractivity contribution in [2.75, 3.05) is 19.7 Å². The van der Waals surface area contributed by atoms with Crippen molar-refractivity contribution in [3.63, 3.8) is 0 Å². The fourth-order valence-electron chi connectivity index (χ4n) is 1.26. The van der Waals surface area contributed by atoms with Crippen molar-refractivity contribution in [1.29, 1.82) is 0 Å². The molecule has 0 aliphatic rings. The van der Waals surface area contributed by atoms with Crippen LogP contribution in [-0.4, -0.2) is 40.2 Å². The topological polar surface area (TPSA) is 55.3 Å². The molecule has 0 unspecified atom stereocenters. The van der Waals surface area contributed by atoms with Crippen LogP contribution < -0.4 is 0 Å². The van der Waals surface area contributed by atoms with E-state index in [9.17, 15) is 4.79 Å². The Morgan fingerprint density at radius 1 is 1.71 bits per heavy atom. The number of carbonyl (C=O) groups is 1. The number of aromatic nitrogens is 2. The molecule has 94 valence electrons. The van der Waals surface area contributed by atoms with Crippen molar-refractivity contribution in [3.8, 4) is 0 Å². The Kier molecular flexibility index (Phi) is 6.10. The first-order chi connectivity index (χ1) is 8.17. The summed E-state index contributed by atoms with van der Waals surface area (Å²) < 4.78 is 9.17. The summed E-state index contributed by atoms with van der Waals surface area (Å²) in [6.07, 6.45) is 1.72. The third-order valence-corrected chi connectivity index (χ3v) is 2.91. The lowest BCUT2D eigenvalue weighted by Gasteiger charge is -2.18. The molecule has 0 saturated carbocycles. The zero-order valence-electron chi connectivity index (χ0n) is 9.56. The van der Waals surface area contributed by atoms with Crippen LogP contribution in [0.3, 0.4) is 0 Å². The van der Waals surface area contributed by atoms with Gasteiger partial charge in [0.05, 0.1) is 13.2 Å². The van der Waals surface area contributed by atoms with Crippen LogP contribution in [0.5, 0.6) is 0 Å². The summed E-state index contributed by atoms with van der Waals surface area (Å²) in [6, 6.07) is 0. The highest BCUT2D eigenvalue weighted by molar-refractivity contribution is 7.10. The molecule has 1 aromatic heterocycles. The molecule has 0 N–H and O–H groups in total. The number of ether oxygens (including phenoxy) is 1. The van der Waals surface area contributed by atoms with E-state index >= 15 is 0 Å². The molecule has 0 amide bonds.